The average Bonchev–Trinajstić information content (AvgIpc) is 2.53. The first-order valence-corrected chi connectivity index (χ1v) is 7.03. The van der Waals surface area contributed by atoms with E-state index >= 15 is 0 Å². The van der Waals surface area contributed by atoms with Crippen LogP contribution < -0.4 is 0 Å². The minimum atomic E-state index is 1.11. The Morgan fingerprint density at radius 1 is 1.00 bits per heavy atom. The first-order chi connectivity index (χ1) is 9.85. The second kappa shape index (κ2) is 5.34. The van der Waals surface area contributed by atoms with Gasteiger partial charge in [0.25, 0.3) is 0 Å². The molecule has 98 valence electrons. The van der Waals surface area contributed by atoms with Gasteiger partial charge in [-0.15, -0.1) is 0 Å². The number of fused-ring (bicyclic) bond motifs is 1. The lowest BCUT2D eigenvalue weighted by Crippen LogP contribution is -1.95. The van der Waals surface area contributed by atoms with E-state index in [0.717, 1.165) is 18.4 Å². The van der Waals surface area contributed by atoms with Gasteiger partial charge in [0.15, 0.2) is 0 Å². The Morgan fingerprint density at radius 2 is 1.85 bits per heavy atom. The van der Waals surface area contributed by atoms with Gasteiger partial charge in [0.05, 0.1) is 0 Å². The molecule has 0 amide bonds. The summed E-state index contributed by atoms with van der Waals surface area (Å²) in [5, 5.41) is 2.54. The molecular formula is C20H18. The first-order valence-electron chi connectivity index (χ1n) is 7.03. The van der Waals surface area contributed by atoms with Crippen molar-refractivity contribution in [2.75, 3.05) is 0 Å². The summed E-state index contributed by atoms with van der Waals surface area (Å²) in [5.74, 6) is 0. The Kier molecular flexibility index (Phi) is 3.39. The van der Waals surface area contributed by atoms with E-state index in [1.165, 1.54) is 27.5 Å². The van der Waals surface area contributed by atoms with Crippen LogP contribution in [-0.4, -0.2) is 0 Å². The summed E-state index contributed by atoms with van der Waals surface area (Å²) in [7, 11) is 0. The minimum absolute atomic E-state index is 1.11. The topological polar surface area (TPSA) is 0 Å². The molecule has 1 aliphatic rings. The summed E-state index contributed by atoms with van der Waals surface area (Å²) in [6, 6.07) is 10.7. The van der Waals surface area contributed by atoms with Crippen molar-refractivity contribution in [2.24, 2.45) is 0 Å². The molecule has 0 radical (unpaired) electrons. The smallest absolute Gasteiger partial charge is 0.00303 e. The van der Waals surface area contributed by atoms with E-state index in [9.17, 15) is 0 Å². The van der Waals surface area contributed by atoms with Crippen LogP contribution in [0.2, 0.25) is 0 Å². The molecule has 0 fully saturated rings. The largest absolute Gasteiger partial charge is 0.0984 e. The van der Waals surface area contributed by atoms with Crippen LogP contribution in [0.25, 0.3) is 28.5 Å². The highest BCUT2D eigenvalue weighted by atomic mass is 14.2. The molecule has 0 heterocycles. The van der Waals surface area contributed by atoms with E-state index < -0.39 is 0 Å². The lowest BCUT2D eigenvalue weighted by molar-refractivity contribution is 1.04. The molecule has 0 heteroatoms. The zero-order valence-corrected chi connectivity index (χ0v) is 11.6. The SMILES string of the molecule is C=Cc1cc2ccccc2c(C2=CCCC=C2)c1C=C. The number of allylic oxidation sites excluding steroid dienone is 4. The van der Waals surface area contributed by atoms with E-state index in [4.69, 9.17) is 0 Å². The van der Waals surface area contributed by atoms with Crippen LogP contribution in [0.5, 0.6) is 0 Å². The average molecular weight is 258 g/mol. The summed E-state index contributed by atoms with van der Waals surface area (Å²) in [4.78, 5) is 0. The van der Waals surface area contributed by atoms with Crippen molar-refractivity contribution in [1.29, 1.82) is 0 Å². The van der Waals surface area contributed by atoms with Gasteiger partial charge in [-0.05, 0) is 51.9 Å². The zero-order valence-electron chi connectivity index (χ0n) is 11.6. The second-order valence-electron chi connectivity index (χ2n) is 5.02. The van der Waals surface area contributed by atoms with Gasteiger partial charge in [-0.3, -0.25) is 0 Å². The number of rotatable bonds is 3. The molecule has 0 spiro atoms. The summed E-state index contributed by atoms with van der Waals surface area (Å²) in [6.07, 6.45) is 12.9. The minimum Gasteiger partial charge on any atom is -0.0984 e. The maximum atomic E-state index is 4.00. The predicted octanol–water partition coefficient (Wildman–Crippen LogP) is 5.86. The van der Waals surface area contributed by atoms with Gasteiger partial charge < -0.3 is 0 Å². The third-order valence-corrected chi connectivity index (χ3v) is 3.83. The van der Waals surface area contributed by atoms with Crippen LogP contribution >= 0.6 is 0 Å². The van der Waals surface area contributed by atoms with E-state index in [1.54, 1.807) is 0 Å². The van der Waals surface area contributed by atoms with Crippen LogP contribution in [0, 0.1) is 0 Å². The van der Waals surface area contributed by atoms with Crippen LogP contribution in [0.15, 0.2) is 61.7 Å². The molecule has 0 unspecified atom stereocenters. The number of hydrogen-bond donors (Lipinski definition) is 0. The maximum Gasteiger partial charge on any atom is -0.00303 e. The monoisotopic (exact) mass is 258 g/mol. The highest BCUT2D eigenvalue weighted by Crippen LogP contribution is 2.35. The van der Waals surface area contributed by atoms with Crippen molar-refractivity contribution in [3.8, 4) is 0 Å². The van der Waals surface area contributed by atoms with Gasteiger partial charge in [-0.1, -0.05) is 67.8 Å². The first kappa shape index (κ1) is 12.7. The van der Waals surface area contributed by atoms with Crippen LogP contribution in [0.1, 0.15) is 29.5 Å². The Labute approximate surface area is 120 Å². The highest BCUT2D eigenvalue weighted by Gasteiger charge is 2.13. The third-order valence-electron chi connectivity index (χ3n) is 3.83. The third kappa shape index (κ3) is 2.04. The standard InChI is InChI=1S/C20H18/c1-3-15-14-17-12-8-9-13-19(17)20(18(15)4-2)16-10-6-5-7-11-16/h3-4,6,8-14H,1-2,5,7H2. The van der Waals surface area contributed by atoms with E-state index in [1.807, 2.05) is 12.2 Å². The molecule has 1 aliphatic carbocycles. The summed E-state index contributed by atoms with van der Waals surface area (Å²) < 4.78 is 0. The quantitative estimate of drug-likeness (QED) is 0.647. The molecule has 0 saturated heterocycles. The zero-order chi connectivity index (χ0) is 13.9. The van der Waals surface area contributed by atoms with Crippen LogP contribution in [0.3, 0.4) is 0 Å². The van der Waals surface area contributed by atoms with Crippen LogP contribution in [0.4, 0.5) is 0 Å². The second-order valence-corrected chi connectivity index (χ2v) is 5.02. The van der Waals surface area contributed by atoms with E-state index in [-0.39, 0.29) is 0 Å². The summed E-state index contributed by atoms with van der Waals surface area (Å²) >= 11 is 0. The van der Waals surface area contributed by atoms with Crippen LogP contribution in [-0.2, 0) is 0 Å². The molecule has 0 bridgehead atoms. The highest BCUT2D eigenvalue weighted by molar-refractivity contribution is 6.01. The molecule has 0 aliphatic heterocycles. The predicted molar refractivity (Wildman–Crippen MR) is 90.5 cm³/mol. The van der Waals surface area contributed by atoms with Crippen molar-refractivity contribution < 1.29 is 0 Å². The molecule has 0 N–H and O–H groups in total. The Bertz CT molecular complexity index is 742. The Hall–Kier alpha value is -2.34. The molecule has 0 aromatic heterocycles. The molecule has 2 aromatic rings. The van der Waals surface area contributed by atoms with Gasteiger partial charge in [0.1, 0.15) is 0 Å². The molecule has 2 aromatic carbocycles. The molecular weight excluding hydrogens is 240 g/mol. The number of hydrogen-bond acceptors (Lipinski definition) is 0. The van der Waals surface area contributed by atoms with Gasteiger partial charge in [0, 0.05) is 0 Å². The van der Waals surface area contributed by atoms with Crippen molar-refractivity contribution in [3.05, 3.63) is 78.4 Å². The van der Waals surface area contributed by atoms with Crippen molar-refractivity contribution >= 4 is 28.5 Å². The molecule has 0 saturated carbocycles. The van der Waals surface area contributed by atoms with E-state index in [2.05, 4.69) is 61.7 Å². The maximum absolute atomic E-state index is 4.00. The van der Waals surface area contributed by atoms with Gasteiger partial charge in [-0.25, -0.2) is 0 Å². The lowest BCUT2D eigenvalue weighted by atomic mass is 9.87. The van der Waals surface area contributed by atoms with Gasteiger partial charge >= 0.3 is 0 Å². The van der Waals surface area contributed by atoms with Gasteiger partial charge in [0.2, 0.25) is 0 Å². The fourth-order valence-electron chi connectivity index (χ4n) is 2.88. The fraction of sp³-hybridized carbons (Fsp3) is 0.100. The van der Waals surface area contributed by atoms with Crippen molar-refractivity contribution in [1.82, 2.24) is 0 Å². The normalized spacial score (nSPS) is 14.1. The Morgan fingerprint density at radius 3 is 2.55 bits per heavy atom. The summed E-state index contributed by atoms with van der Waals surface area (Å²) in [6.45, 7) is 7.95. The lowest BCUT2D eigenvalue weighted by Gasteiger charge is -2.16. The van der Waals surface area contributed by atoms with E-state index in [0.29, 0.717) is 0 Å². The molecule has 3 rings (SSSR count). The number of benzene rings is 2. The van der Waals surface area contributed by atoms with Crippen molar-refractivity contribution in [3.63, 3.8) is 0 Å². The molecule has 0 nitrogen and oxygen atoms in total. The molecule has 0 atom stereocenters. The Balaban J connectivity index is 2.42. The molecule has 20 heavy (non-hydrogen) atoms. The van der Waals surface area contributed by atoms with Gasteiger partial charge in [-0.2, -0.15) is 0 Å². The fourth-order valence-corrected chi connectivity index (χ4v) is 2.88. The summed E-state index contributed by atoms with van der Waals surface area (Å²) in [5.41, 5.74) is 4.90. The van der Waals surface area contributed by atoms with Crippen molar-refractivity contribution in [2.45, 2.75) is 12.8 Å².